The van der Waals surface area contributed by atoms with Crippen LogP contribution in [0.15, 0.2) is 18.5 Å². The number of rotatable bonds is 3. The first-order valence-corrected chi connectivity index (χ1v) is 5.67. The van der Waals surface area contributed by atoms with Gasteiger partial charge in [-0.15, -0.1) is 0 Å². The van der Waals surface area contributed by atoms with Gasteiger partial charge in [-0.25, -0.2) is 26.3 Å². The molecule has 1 unspecified atom stereocenters. The van der Waals surface area contributed by atoms with E-state index in [0.717, 1.165) is 18.5 Å². The summed E-state index contributed by atoms with van der Waals surface area (Å²) in [5.74, 6) is -11.1. The van der Waals surface area contributed by atoms with E-state index in [1.165, 1.54) is 7.05 Å². The van der Waals surface area contributed by atoms with Crippen LogP contribution < -0.4 is 5.32 Å². The summed E-state index contributed by atoms with van der Waals surface area (Å²) in [7, 11) is 1.23. The molecule has 112 valence electrons. The van der Waals surface area contributed by atoms with E-state index in [0.29, 0.717) is 0 Å². The Morgan fingerprint density at radius 2 is 1.38 bits per heavy atom. The predicted octanol–water partition coefficient (Wildman–Crippen LogP) is 3.23. The molecule has 0 amide bonds. The molecule has 0 aliphatic heterocycles. The van der Waals surface area contributed by atoms with Crippen molar-refractivity contribution in [2.45, 2.75) is 6.04 Å². The van der Waals surface area contributed by atoms with Gasteiger partial charge in [-0.2, -0.15) is 0 Å². The van der Waals surface area contributed by atoms with Gasteiger partial charge in [0.25, 0.3) is 0 Å². The molecular weight excluding hydrogens is 298 g/mol. The third kappa shape index (κ3) is 2.58. The Morgan fingerprint density at radius 3 is 1.86 bits per heavy atom. The van der Waals surface area contributed by atoms with Crippen LogP contribution in [-0.4, -0.2) is 12.0 Å². The highest BCUT2D eigenvalue weighted by atomic mass is 19.2. The van der Waals surface area contributed by atoms with Gasteiger partial charge >= 0.3 is 0 Å². The second-order valence-corrected chi connectivity index (χ2v) is 4.14. The summed E-state index contributed by atoms with van der Waals surface area (Å²) in [6.07, 6.45) is 1.90. The van der Waals surface area contributed by atoms with Crippen molar-refractivity contribution in [2.24, 2.45) is 0 Å². The van der Waals surface area contributed by atoms with E-state index in [9.17, 15) is 26.3 Å². The van der Waals surface area contributed by atoms with E-state index in [-0.39, 0.29) is 5.56 Å². The molecule has 2 rings (SSSR count). The maximum atomic E-state index is 13.8. The third-order valence-electron chi connectivity index (χ3n) is 2.88. The maximum Gasteiger partial charge on any atom is 0.200 e. The second-order valence-electron chi connectivity index (χ2n) is 4.14. The van der Waals surface area contributed by atoms with Crippen molar-refractivity contribution in [2.75, 3.05) is 7.05 Å². The first-order valence-electron chi connectivity index (χ1n) is 5.67. The lowest BCUT2D eigenvalue weighted by molar-refractivity contribution is 0.363. The quantitative estimate of drug-likeness (QED) is 0.535. The molecule has 8 heteroatoms. The number of pyridine rings is 1. The van der Waals surface area contributed by atoms with Gasteiger partial charge in [0.05, 0.1) is 17.8 Å². The number of nitrogens with one attached hydrogen (secondary N) is 1. The molecule has 0 aliphatic carbocycles. The summed E-state index contributed by atoms with van der Waals surface area (Å²) in [6, 6.07) is -0.565. The molecule has 0 saturated heterocycles. The molecule has 0 aliphatic rings. The highest BCUT2D eigenvalue weighted by Gasteiger charge is 2.30. The zero-order valence-electron chi connectivity index (χ0n) is 10.5. The molecule has 2 nitrogen and oxygen atoms in total. The van der Waals surface area contributed by atoms with Gasteiger partial charge in [-0.1, -0.05) is 0 Å². The van der Waals surface area contributed by atoms with Crippen molar-refractivity contribution >= 4 is 0 Å². The largest absolute Gasteiger partial charge is 0.309 e. The van der Waals surface area contributed by atoms with Gasteiger partial charge in [0.15, 0.2) is 23.3 Å². The van der Waals surface area contributed by atoms with Gasteiger partial charge in [-0.05, 0) is 18.7 Å². The Bertz CT molecular complexity index is 660. The molecule has 1 aromatic carbocycles. The fraction of sp³-hybridized carbons (Fsp3) is 0.154. The SMILES string of the molecule is CNC(c1cncc(F)c1)c1c(F)c(F)c(F)c(F)c1F. The first kappa shape index (κ1) is 15.3. The summed E-state index contributed by atoms with van der Waals surface area (Å²) in [6.45, 7) is 0. The minimum atomic E-state index is -2.25. The zero-order chi connectivity index (χ0) is 15.7. The maximum absolute atomic E-state index is 13.8. The first-order chi connectivity index (χ1) is 9.88. The number of hydrogen-bond donors (Lipinski definition) is 1. The third-order valence-corrected chi connectivity index (χ3v) is 2.88. The van der Waals surface area contributed by atoms with Crippen molar-refractivity contribution < 1.29 is 26.3 Å². The molecule has 0 spiro atoms. The molecule has 1 N–H and O–H groups in total. The fourth-order valence-corrected chi connectivity index (χ4v) is 1.94. The summed E-state index contributed by atoms with van der Waals surface area (Å²) < 4.78 is 80.1. The van der Waals surface area contributed by atoms with E-state index < -0.39 is 46.5 Å². The lowest BCUT2D eigenvalue weighted by Crippen LogP contribution is -2.23. The lowest BCUT2D eigenvalue weighted by Gasteiger charge is -2.19. The number of nitrogens with zero attached hydrogens (tertiary/aromatic N) is 1. The Kier molecular flexibility index (Phi) is 4.17. The summed E-state index contributed by atoms with van der Waals surface area (Å²) in [5, 5.41) is 2.37. The fourth-order valence-electron chi connectivity index (χ4n) is 1.94. The van der Waals surface area contributed by atoms with Crippen LogP contribution in [0.3, 0.4) is 0 Å². The van der Waals surface area contributed by atoms with E-state index in [1.54, 1.807) is 0 Å². The Hall–Kier alpha value is -2.09. The zero-order valence-corrected chi connectivity index (χ0v) is 10.5. The Balaban J connectivity index is 2.69. The number of benzene rings is 1. The molecule has 2 aromatic rings. The minimum absolute atomic E-state index is 0.0827. The molecule has 0 radical (unpaired) electrons. The van der Waals surface area contributed by atoms with Crippen LogP contribution in [0.4, 0.5) is 26.3 Å². The van der Waals surface area contributed by atoms with Gasteiger partial charge in [0.1, 0.15) is 5.82 Å². The highest BCUT2D eigenvalue weighted by molar-refractivity contribution is 5.34. The average Bonchev–Trinajstić information content (AvgIpc) is 2.47. The van der Waals surface area contributed by atoms with Crippen molar-refractivity contribution in [3.05, 3.63) is 64.5 Å². The van der Waals surface area contributed by atoms with Gasteiger partial charge in [0, 0.05) is 6.20 Å². The van der Waals surface area contributed by atoms with Crippen LogP contribution in [0.5, 0.6) is 0 Å². The van der Waals surface area contributed by atoms with E-state index in [4.69, 9.17) is 0 Å². The summed E-state index contributed by atoms with van der Waals surface area (Å²) in [5.41, 5.74) is -1.18. The molecule has 0 bridgehead atoms. The van der Waals surface area contributed by atoms with Gasteiger partial charge < -0.3 is 5.32 Å². The molecule has 1 aromatic heterocycles. The van der Waals surface area contributed by atoms with Crippen molar-refractivity contribution in [3.63, 3.8) is 0 Å². The van der Waals surface area contributed by atoms with Crippen molar-refractivity contribution in [1.29, 1.82) is 0 Å². The van der Waals surface area contributed by atoms with E-state index >= 15 is 0 Å². The Labute approximate surface area is 115 Å². The number of hydrogen-bond acceptors (Lipinski definition) is 2. The molecule has 1 atom stereocenters. The van der Waals surface area contributed by atoms with Crippen LogP contribution in [0, 0.1) is 34.9 Å². The molecular formula is C13H8F6N2. The normalized spacial score (nSPS) is 12.5. The second kappa shape index (κ2) is 5.72. The molecule has 0 fully saturated rings. The summed E-state index contributed by atoms with van der Waals surface area (Å²) >= 11 is 0. The molecule has 1 heterocycles. The average molecular weight is 306 g/mol. The van der Waals surface area contributed by atoms with E-state index in [2.05, 4.69) is 10.3 Å². The Morgan fingerprint density at radius 1 is 0.857 bits per heavy atom. The summed E-state index contributed by atoms with van der Waals surface area (Å²) in [4.78, 5) is 3.48. The number of aromatic nitrogens is 1. The van der Waals surface area contributed by atoms with Gasteiger partial charge in [0.2, 0.25) is 5.82 Å². The minimum Gasteiger partial charge on any atom is -0.309 e. The monoisotopic (exact) mass is 306 g/mol. The lowest BCUT2D eigenvalue weighted by atomic mass is 9.98. The van der Waals surface area contributed by atoms with Crippen LogP contribution in [-0.2, 0) is 0 Å². The molecule has 0 saturated carbocycles. The van der Waals surface area contributed by atoms with E-state index in [1.807, 2.05) is 0 Å². The van der Waals surface area contributed by atoms with Gasteiger partial charge in [-0.3, -0.25) is 4.98 Å². The van der Waals surface area contributed by atoms with Crippen LogP contribution in [0.2, 0.25) is 0 Å². The molecule has 21 heavy (non-hydrogen) atoms. The highest BCUT2D eigenvalue weighted by Crippen LogP contribution is 2.31. The van der Waals surface area contributed by atoms with Crippen LogP contribution in [0.25, 0.3) is 0 Å². The smallest absolute Gasteiger partial charge is 0.200 e. The van der Waals surface area contributed by atoms with Crippen LogP contribution >= 0.6 is 0 Å². The van der Waals surface area contributed by atoms with Crippen LogP contribution in [0.1, 0.15) is 17.2 Å². The van der Waals surface area contributed by atoms with Crippen molar-refractivity contribution in [3.8, 4) is 0 Å². The van der Waals surface area contributed by atoms with Crippen molar-refractivity contribution in [1.82, 2.24) is 10.3 Å². The topological polar surface area (TPSA) is 24.9 Å². The number of halogens is 6. The predicted molar refractivity (Wildman–Crippen MR) is 61.3 cm³/mol. The standard InChI is InChI=1S/C13H8F6N2/c1-20-13(5-2-6(14)4-21-3-5)7-8(15)10(17)12(19)11(18)9(7)16/h2-4,13,20H,1H3.